The molecular weight excluding hydrogens is 392 g/mol. The summed E-state index contributed by atoms with van der Waals surface area (Å²) < 4.78 is 45.5. The van der Waals surface area contributed by atoms with Gasteiger partial charge in [-0.05, 0) is 13.8 Å². The summed E-state index contributed by atoms with van der Waals surface area (Å²) in [6, 6.07) is 0. The molecule has 0 aromatic rings. The van der Waals surface area contributed by atoms with Crippen LogP contribution in [0.5, 0.6) is 0 Å². The summed E-state index contributed by atoms with van der Waals surface area (Å²) in [6.07, 6.45) is 0. The number of carboxylic acid groups (broad SMARTS) is 1. The minimum absolute atomic E-state index is 0. The van der Waals surface area contributed by atoms with Crippen molar-refractivity contribution in [3.63, 3.8) is 0 Å². The second-order valence-electron chi connectivity index (χ2n) is 4.19. The fourth-order valence-corrected chi connectivity index (χ4v) is 0.830. The van der Waals surface area contributed by atoms with Crippen molar-refractivity contribution >= 4 is 22.3 Å². The number of hydrogen-bond acceptors (Lipinski definition) is 10. The number of esters is 1. The van der Waals surface area contributed by atoms with Crippen molar-refractivity contribution in [3.8, 4) is 0 Å². The highest BCUT2D eigenvalue weighted by Gasteiger charge is 2.11. The Morgan fingerprint density at radius 1 is 0.963 bits per heavy atom. The third kappa shape index (κ3) is 45.6. The molecule has 2 atom stereocenters. The molecule has 0 aliphatic heterocycles. The van der Waals surface area contributed by atoms with Gasteiger partial charge in [0.15, 0.2) is 0 Å². The van der Waals surface area contributed by atoms with Crippen molar-refractivity contribution in [1.29, 1.82) is 0 Å². The molecule has 168 valence electrons. The number of methoxy groups -OCH3 is 1. The van der Waals surface area contributed by atoms with Crippen LogP contribution in [0, 0.1) is 11.8 Å². The summed E-state index contributed by atoms with van der Waals surface area (Å²) in [7, 11) is -2.32. The van der Waals surface area contributed by atoms with E-state index in [9.17, 15) is 9.59 Å². The van der Waals surface area contributed by atoms with E-state index in [1.165, 1.54) is 7.11 Å². The van der Waals surface area contributed by atoms with Crippen LogP contribution >= 0.6 is 0 Å². The SMILES string of the molecule is C.CC(COCN)C(=O)O.CO.COC(=O)C(C)COCN.O=S(=O)(O)O. The summed E-state index contributed by atoms with van der Waals surface area (Å²) in [5, 5.41) is 15.3. The predicted molar refractivity (Wildman–Crippen MR) is 97.0 cm³/mol. The summed E-state index contributed by atoms with van der Waals surface area (Å²) in [4.78, 5) is 20.8. The molecule has 13 nitrogen and oxygen atoms in total. The highest BCUT2D eigenvalue weighted by molar-refractivity contribution is 7.79. The molecule has 8 N–H and O–H groups in total. The van der Waals surface area contributed by atoms with E-state index in [0.717, 1.165) is 7.11 Å². The number of rotatable bonds is 8. The molecule has 0 bridgehead atoms. The van der Waals surface area contributed by atoms with Gasteiger partial charge in [-0.25, -0.2) is 0 Å². The molecule has 0 saturated heterocycles. The zero-order chi connectivity index (χ0) is 21.8. The van der Waals surface area contributed by atoms with Crippen LogP contribution in [0.3, 0.4) is 0 Å². The van der Waals surface area contributed by atoms with Crippen LogP contribution in [-0.4, -0.2) is 80.6 Å². The maximum atomic E-state index is 10.7. The second-order valence-corrected chi connectivity index (χ2v) is 5.08. The fraction of sp³-hybridized carbons (Fsp3) is 0.846. The van der Waals surface area contributed by atoms with Crippen molar-refractivity contribution in [1.82, 2.24) is 0 Å². The first kappa shape index (κ1) is 36.5. The Bertz CT molecular complexity index is 424. The lowest BCUT2D eigenvalue weighted by molar-refractivity contribution is -0.147. The monoisotopic (exact) mass is 426 g/mol. The van der Waals surface area contributed by atoms with Gasteiger partial charge in [-0.3, -0.25) is 18.7 Å². The van der Waals surface area contributed by atoms with Crippen molar-refractivity contribution in [3.05, 3.63) is 0 Å². The van der Waals surface area contributed by atoms with E-state index in [2.05, 4.69) is 9.47 Å². The minimum Gasteiger partial charge on any atom is -0.481 e. The molecular formula is C13H34N2O11S. The van der Waals surface area contributed by atoms with Crippen LogP contribution in [0.1, 0.15) is 21.3 Å². The molecule has 0 saturated carbocycles. The predicted octanol–water partition coefficient (Wildman–Crippen LogP) is -1.04. The second kappa shape index (κ2) is 24.6. The number of hydrogen-bond donors (Lipinski definition) is 6. The average molecular weight is 426 g/mol. The van der Waals surface area contributed by atoms with Gasteiger partial charge in [0.25, 0.3) is 0 Å². The first-order chi connectivity index (χ1) is 11.9. The number of aliphatic hydroxyl groups excluding tert-OH is 1. The summed E-state index contributed by atoms with van der Waals surface area (Å²) in [5.41, 5.74) is 10.0. The zero-order valence-corrected chi connectivity index (χ0v) is 16.0. The van der Waals surface area contributed by atoms with Crippen LogP contribution in [-0.2, 0) is 34.2 Å². The Balaban J connectivity index is -0.0000000877. The third-order valence-electron chi connectivity index (χ3n) is 2.00. The highest BCUT2D eigenvalue weighted by atomic mass is 32.3. The van der Waals surface area contributed by atoms with Gasteiger partial charge in [0.1, 0.15) is 0 Å². The summed E-state index contributed by atoms with van der Waals surface area (Å²) in [6.45, 7) is 4.02. The van der Waals surface area contributed by atoms with Gasteiger partial charge in [0, 0.05) is 7.11 Å². The molecule has 0 aliphatic carbocycles. The van der Waals surface area contributed by atoms with Gasteiger partial charge >= 0.3 is 22.3 Å². The number of carboxylic acids is 1. The molecule has 0 amide bonds. The van der Waals surface area contributed by atoms with Gasteiger partial charge in [0.2, 0.25) is 0 Å². The van der Waals surface area contributed by atoms with Crippen molar-refractivity contribution < 1.29 is 51.5 Å². The maximum Gasteiger partial charge on any atom is 0.394 e. The molecule has 2 unspecified atom stereocenters. The minimum atomic E-state index is -4.67. The molecule has 14 heteroatoms. The topological polar surface area (TPSA) is 229 Å². The zero-order valence-electron chi connectivity index (χ0n) is 15.2. The van der Waals surface area contributed by atoms with Crippen LogP contribution < -0.4 is 11.5 Å². The molecule has 0 rings (SSSR count). The maximum absolute atomic E-state index is 10.7. The number of ether oxygens (including phenoxy) is 3. The lowest BCUT2D eigenvalue weighted by Crippen LogP contribution is -2.20. The molecule has 0 aliphatic rings. The normalized spacial score (nSPS) is 11.4. The van der Waals surface area contributed by atoms with Crippen molar-refractivity contribution in [2.75, 3.05) is 40.9 Å². The van der Waals surface area contributed by atoms with E-state index in [4.69, 9.17) is 43.9 Å². The number of aliphatic carboxylic acids is 1. The van der Waals surface area contributed by atoms with Crippen LogP contribution in [0.4, 0.5) is 0 Å². The van der Waals surface area contributed by atoms with Gasteiger partial charge < -0.3 is 35.9 Å². The first-order valence-corrected chi connectivity index (χ1v) is 8.31. The van der Waals surface area contributed by atoms with Gasteiger partial charge in [-0.15, -0.1) is 0 Å². The Hall–Kier alpha value is -1.39. The molecule has 27 heavy (non-hydrogen) atoms. The van der Waals surface area contributed by atoms with Gasteiger partial charge in [-0.1, -0.05) is 7.43 Å². The lowest BCUT2D eigenvalue weighted by Gasteiger charge is -2.07. The van der Waals surface area contributed by atoms with E-state index in [1.807, 2.05) is 0 Å². The molecule has 0 fully saturated rings. The fourth-order valence-electron chi connectivity index (χ4n) is 0.830. The Morgan fingerprint density at radius 2 is 1.26 bits per heavy atom. The summed E-state index contributed by atoms with van der Waals surface area (Å²) >= 11 is 0. The van der Waals surface area contributed by atoms with Crippen LogP contribution in [0.15, 0.2) is 0 Å². The van der Waals surface area contributed by atoms with Crippen LogP contribution in [0.2, 0.25) is 0 Å². The van der Waals surface area contributed by atoms with Crippen molar-refractivity contribution in [2.45, 2.75) is 21.3 Å². The molecule has 0 radical (unpaired) electrons. The first-order valence-electron chi connectivity index (χ1n) is 6.91. The third-order valence-corrected chi connectivity index (χ3v) is 2.00. The van der Waals surface area contributed by atoms with E-state index in [-0.39, 0.29) is 39.4 Å². The van der Waals surface area contributed by atoms with Crippen molar-refractivity contribution in [2.24, 2.45) is 23.3 Å². The van der Waals surface area contributed by atoms with E-state index in [1.54, 1.807) is 13.8 Å². The number of carbonyl (C=O) groups excluding carboxylic acids is 1. The van der Waals surface area contributed by atoms with Gasteiger partial charge in [-0.2, -0.15) is 8.42 Å². The van der Waals surface area contributed by atoms with E-state index < -0.39 is 22.3 Å². The summed E-state index contributed by atoms with van der Waals surface area (Å²) in [5.74, 6) is -1.82. The smallest absolute Gasteiger partial charge is 0.394 e. The van der Waals surface area contributed by atoms with Crippen LogP contribution in [0.25, 0.3) is 0 Å². The Kier molecular flexibility index (Phi) is 33.3. The highest BCUT2D eigenvalue weighted by Crippen LogP contribution is 1.96. The quantitative estimate of drug-likeness (QED) is 0.155. The Labute approximate surface area is 160 Å². The Morgan fingerprint density at radius 3 is 1.48 bits per heavy atom. The molecule has 0 aromatic heterocycles. The number of carbonyl (C=O) groups is 2. The van der Waals surface area contributed by atoms with E-state index in [0.29, 0.717) is 6.61 Å². The number of aliphatic hydroxyl groups is 1. The van der Waals surface area contributed by atoms with E-state index >= 15 is 0 Å². The number of nitrogens with two attached hydrogens (primary N) is 2. The van der Waals surface area contributed by atoms with Gasteiger partial charge in [0.05, 0.1) is 45.6 Å². The molecule has 0 spiro atoms. The molecule has 0 heterocycles. The standard InChI is InChI=1S/C6H13NO3.C5H11NO3.CH4O.CH4.H2O4S/c1-5(3-10-4-7)6(8)9-2;1-4(5(7)8)2-9-3-6;1-2;;1-5(2,3)4/h5H,3-4,7H2,1-2H3;4H,2-3,6H2,1H3,(H,7,8);2H,1H3;1H4;(H2,1,2,3,4). The lowest BCUT2D eigenvalue weighted by atomic mass is 10.2. The molecule has 0 aromatic carbocycles. The largest absolute Gasteiger partial charge is 0.481 e. The average Bonchev–Trinajstić information content (AvgIpc) is 2.57.